The third kappa shape index (κ3) is 2.87. The number of halogens is 2. The van der Waals surface area contributed by atoms with E-state index in [1.54, 1.807) is 0 Å². The van der Waals surface area contributed by atoms with Crippen molar-refractivity contribution in [2.45, 2.75) is 5.92 Å². The first-order valence-electron chi connectivity index (χ1n) is 3.70. The van der Waals surface area contributed by atoms with Gasteiger partial charge in [-0.05, 0) is 11.6 Å². The van der Waals surface area contributed by atoms with E-state index in [2.05, 4.69) is 25.1 Å². The van der Waals surface area contributed by atoms with Gasteiger partial charge in [0.15, 0.2) is 0 Å². The number of aromatic nitrogens is 4. The van der Waals surface area contributed by atoms with E-state index in [1.165, 1.54) is 0 Å². The van der Waals surface area contributed by atoms with Crippen molar-refractivity contribution in [2.75, 3.05) is 6.61 Å². The molecule has 0 fully saturated rings. The minimum atomic E-state index is -4.00. The van der Waals surface area contributed by atoms with Gasteiger partial charge in [-0.25, -0.2) is 0 Å². The minimum Gasteiger partial charge on any atom is -0.441 e. The van der Waals surface area contributed by atoms with Gasteiger partial charge in [-0.15, -0.1) is 10.2 Å². The quantitative estimate of drug-likeness (QED) is 0.297. The molecule has 11 nitrogen and oxygen atoms in total. The van der Waals surface area contributed by atoms with E-state index in [0.29, 0.717) is 0 Å². The van der Waals surface area contributed by atoms with Crippen LogP contribution in [0.1, 0.15) is 0 Å². The molecule has 1 heterocycles. The second-order valence-corrected chi connectivity index (χ2v) is 2.81. The fraction of sp³-hybridized carbons (Fsp3) is 0.500. The van der Waals surface area contributed by atoms with E-state index >= 15 is 0 Å². The molecule has 0 saturated heterocycles. The monoisotopic (exact) mass is 268 g/mol. The first-order chi connectivity index (χ1) is 7.86. The molecule has 17 heavy (non-hydrogen) atoms. The van der Waals surface area contributed by atoms with Gasteiger partial charge in [-0.1, -0.05) is 14.6 Å². The van der Waals surface area contributed by atoms with Crippen molar-refractivity contribution in [3.8, 4) is 6.01 Å². The van der Waals surface area contributed by atoms with E-state index < -0.39 is 28.4 Å². The number of hydrogen-bond donors (Lipinski definition) is 0. The molecule has 1 aromatic rings. The van der Waals surface area contributed by atoms with E-state index in [1.807, 2.05) is 0 Å². The lowest BCUT2D eigenvalue weighted by atomic mass is 10.5. The predicted octanol–water partition coefficient (Wildman–Crippen LogP) is -0.525. The van der Waals surface area contributed by atoms with Crippen LogP contribution in [0.5, 0.6) is 6.01 Å². The highest BCUT2D eigenvalue weighted by molar-refractivity contribution is 6.28. The zero-order chi connectivity index (χ0) is 13.1. The van der Waals surface area contributed by atoms with E-state index in [-0.39, 0.29) is 5.28 Å². The Hall–Kier alpha value is -2.24. The van der Waals surface area contributed by atoms with Gasteiger partial charge in [-0.2, -0.15) is 0 Å². The standard InChI is InChI=1S/C4H2ClFN6O5/c5-2-7-9-3(10-8-2)17-1-4(6,11(13)14)12(15)16/h1H2. The average molecular weight is 269 g/mol. The molecule has 0 amide bonds. The molecular weight excluding hydrogens is 267 g/mol. The van der Waals surface area contributed by atoms with Crippen molar-refractivity contribution in [1.82, 2.24) is 20.4 Å². The molecule has 0 radical (unpaired) electrons. The summed E-state index contributed by atoms with van der Waals surface area (Å²) in [5.74, 6) is -4.00. The van der Waals surface area contributed by atoms with E-state index in [9.17, 15) is 24.6 Å². The molecule has 0 atom stereocenters. The predicted molar refractivity (Wildman–Crippen MR) is 46.0 cm³/mol. The van der Waals surface area contributed by atoms with Crippen LogP contribution in [0.15, 0.2) is 0 Å². The Balaban J connectivity index is 2.74. The highest BCUT2D eigenvalue weighted by Crippen LogP contribution is 2.14. The van der Waals surface area contributed by atoms with Crippen molar-refractivity contribution >= 4 is 11.6 Å². The fourth-order valence-electron chi connectivity index (χ4n) is 0.594. The Morgan fingerprint density at radius 2 is 1.71 bits per heavy atom. The van der Waals surface area contributed by atoms with Gasteiger partial charge in [0.25, 0.3) is 11.9 Å². The highest BCUT2D eigenvalue weighted by Gasteiger charge is 2.59. The van der Waals surface area contributed by atoms with Gasteiger partial charge in [0.05, 0.1) is 0 Å². The van der Waals surface area contributed by atoms with E-state index in [4.69, 9.17) is 11.6 Å². The normalized spacial score (nSPS) is 10.9. The Kier molecular flexibility index (Phi) is 3.57. The van der Waals surface area contributed by atoms with Crippen LogP contribution < -0.4 is 4.74 Å². The summed E-state index contributed by atoms with van der Waals surface area (Å²) in [5, 5.41) is 32.4. The summed E-state index contributed by atoms with van der Waals surface area (Å²) in [7, 11) is 0. The maximum absolute atomic E-state index is 13.2. The van der Waals surface area contributed by atoms with Crippen LogP contribution in [0.25, 0.3) is 0 Å². The van der Waals surface area contributed by atoms with Crippen molar-refractivity contribution in [3.05, 3.63) is 25.5 Å². The topological polar surface area (TPSA) is 147 Å². The Morgan fingerprint density at radius 3 is 2.12 bits per heavy atom. The molecule has 0 spiro atoms. The number of ether oxygens (including phenoxy) is 1. The zero-order valence-electron chi connectivity index (χ0n) is 7.69. The summed E-state index contributed by atoms with van der Waals surface area (Å²) in [6.07, 6.45) is 0. The molecule has 0 bridgehead atoms. The van der Waals surface area contributed by atoms with Crippen LogP contribution in [0.2, 0.25) is 5.28 Å². The SMILES string of the molecule is O=[N+]([O-])C(F)(COc1nnc(Cl)nn1)[N+](=O)[O-]. The second kappa shape index (κ2) is 4.73. The number of alkyl halides is 1. The summed E-state index contributed by atoms with van der Waals surface area (Å²) >= 11 is 5.21. The van der Waals surface area contributed by atoms with Gasteiger partial charge in [-0.3, -0.25) is 20.2 Å². The third-order valence-electron chi connectivity index (χ3n) is 1.38. The van der Waals surface area contributed by atoms with Crippen LogP contribution in [-0.4, -0.2) is 42.8 Å². The maximum atomic E-state index is 13.2. The number of nitrogens with zero attached hydrogens (tertiary/aromatic N) is 6. The molecule has 0 aliphatic heterocycles. The van der Waals surface area contributed by atoms with Crippen LogP contribution >= 0.6 is 11.6 Å². The van der Waals surface area contributed by atoms with Gasteiger partial charge < -0.3 is 4.74 Å². The molecule has 0 aromatic carbocycles. The lowest BCUT2D eigenvalue weighted by Gasteiger charge is -2.07. The van der Waals surface area contributed by atoms with Crippen LogP contribution in [0.3, 0.4) is 0 Å². The van der Waals surface area contributed by atoms with Crippen LogP contribution in [0.4, 0.5) is 4.39 Å². The summed E-state index contributed by atoms with van der Waals surface area (Å²) in [4.78, 5) is 16.8. The number of nitro groups is 2. The first-order valence-corrected chi connectivity index (χ1v) is 4.07. The van der Waals surface area contributed by atoms with Gasteiger partial charge in [0.1, 0.15) is 9.85 Å². The largest absolute Gasteiger partial charge is 0.648 e. The van der Waals surface area contributed by atoms with Crippen LogP contribution in [-0.2, 0) is 0 Å². The molecule has 1 rings (SSSR count). The smallest absolute Gasteiger partial charge is 0.441 e. The zero-order valence-corrected chi connectivity index (χ0v) is 8.44. The van der Waals surface area contributed by atoms with Crippen LogP contribution in [0, 0.1) is 20.2 Å². The molecule has 0 aliphatic rings. The molecule has 0 N–H and O–H groups in total. The van der Waals surface area contributed by atoms with Crippen molar-refractivity contribution in [3.63, 3.8) is 0 Å². The lowest BCUT2D eigenvalue weighted by Crippen LogP contribution is -2.47. The Morgan fingerprint density at radius 1 is 1.24 bits per heavy atom. The fourth-order valence-corrected chi connectivity index (χ4v) is 0.670. The molecule has 0 saturated carbocycles. The minimum absolute atomic E-state index is 0.340. The summed E-state index contributed by atoms with van der Waals surface area (Å²) in [5.41, 5.74) is 0. The number of rotatable bonds is 5. The van der Waals surface area contributed by atoms with Gasteiger partial charge >= 0.3 is 11.9 Å². The first kappa shape index (κ1) is 12.8. The van der Waals surface area contributed by atoms with Gasteiger partial charge in [0, 0.05) is 0 Å². The molecule has 13 heteroatoms. The summed E-state index contributed by atoms with van der Waals surface area (Å²) in [6, 6.07) is -0.680. The highest BCUT2D eigenvalue weighted by atomic mass is 35.5. The van der Waals surface area contributed by atoms with Crippen molar-refractivity contribution < 1.29 is 19.0 Å². The van der Waals surface area contributed by atoms with E-state index in [0.717, 1.165) is 0 Å². The second-order valence-electron chi connectivity index (χ2n) is 2.47. The Labute approximate surface area is 95.9 Å². The van der Waals surface area contributed by atoms with Crippen molar-refractivity contribution in [2.24, 2.45) is 0 Å². The lowest BCUT2D eigenvalue weighted by molar-refractivity contribution is -0.831. The molecule has 1 aromatic heterocycles. The maximum Gasteiger partial charge on any atom is 0.648 e. The summed E-state index contributed by atoms with van der Waals surface area (Å²) in [6.45, 7) is -1.53. The van der Waals surface area contributed by atoms with Gasteiger partial charge in [0.2, 0.25) is 0 Å². The Bertz CT molecular complexity index is 427. The number of hydrogen-bond acceptors (Lipinski definition) is 9. The summed E-state index contributed by atoms with van der Waals surface area (Å²) < 4.78 is 17.4. The average Bonchev–Trinajstić information content (AvgIpc) is 2.27. The third-order valence-corrected chi connectivity index (χ3v) is 1.53. The molecule has 92 valence electrons. The molecule has 0 unspecified atom stereocenters. The molecular formula is C4H2ClFN6O5. The van der Waals surface area contributed by atoms with Crippen molar-refractivity contribution in [1.29, 1.82) is 0 Å². The molecule has 0 aliphatic carbocycles.